The molecule has 0 saturated carbocycles. The van der Waals surface area contributed by atoms with Crippen LogP contribution in [0, 0.1) is 11.8 Å². The third-order valence-corrected chi connectivity index (χ3v) is 12.0. The van der Waals surface area contributed by atoms with Crippen LogP contribution in [-0.2, 0) is 28.6 Å². The van der Waals surface area contributed by atoms with Crippen molar-refractivity contribution in [2.75, 3.05) is 13.2 Å². The number of unbranched alkanes of at least 4 members (excludes halogenated alkanes) is 32. The lowest BCUT2D eigenvalue weighted by atomic mass is 10.0. The number of carbonyl (C=O) groups excluding carboxylic acids is 3. The number of hydrogen-bond donors (Lipinski definition) is 0. The summed E-state index contributed by atoms with van der Waals surface area (Å²) in [6, 6.07) is 0. The molecule has 0 aromatic carbocycles. The van der Waals surface area contributed by atoms with E-state index >= 15 is 0 Å². The SMILES string of the molecule is CCCCCCCCCCCCCCC(=O)OC[C@@H](COC(=O)CCCCCCCCCCCCCCCCCC(C)C)OC(=O)CCCCCCCCCCC(C)C. The quantitative estimate of drug-likeness (QED) is 0.0345. The zero-order chi connectivity index (χ0) is 43.3. The van der Waals surface area contributed by atoms with Crippen LogP contribution < -0.4 is 0 Å². The maximum absolute atomic E-state index is 12.8. The van der Waals surface area contributed by atoms with E-state index in [1.54, 1.807) is 0 Å². The predicted molar refractivity (Wildman–Crippen MR) is 252 cm³/mol. The summed E-state index contributed by atoms with van der Waals surface area (Å²) in [6.45, 7) is 11.4. The van der Waals surface area contributed by atoms with Crippen LogP contribution in [0.25, 0.3) is 0 Å². The maximum atomic E-state index is 12.8. The van der Waals surface area contributed by atoms with Gasteiger partial charge in [-0.2, -0.15) is 0 Å². The first-order valence-electron chi connectivity index (χ1n) is 26.2. The van der Waals surface area contributed by atoms with Crippen molar-refractivity contribution in [2.24, 2.45) is 11.8 Å². The maximum Gasteiger partial charge on any atom is 0.306 e. The number of carbonyl (C=O) groups is 3. The molecule has 59 heavy (non-hydrogen) atoms. The molecule has 0 N–H and O–H groups in total. The summed E-state index contributed by atoms with van der Waals surface area (Å²) in [5.74, 6) is 0.793. The fraction of sp³-hybridized carbons (Fsp3) is 0.943. The number of rotatable bonds is 47. The van der Waals surface area contributed by atoms with E-state index in [2.05, 4.69) is 34.6 Å². The molecule has 0 saturated heterocycles. The number of esters is 3. The molecule has 0 spiro atoms. The van der Waals surface area contributed by atoms with Crippen molar-refractivity contribution in [2.45, 2.75) is 298 Å². The minimum Gasteiger partial charge on any atom is -0.462 e. The molecule has 6 nitrogen and oxygen atoms in total. The van der Waals surface area contributed by atoms with Crippen molar-refractivity contribution in [3.8, 4) is 0 Å². The zero-order valence-electron chi connectivity index (χ0n) is 40.4. The third-order valence-electron chi connectivity index (χ3n) is 12.0. The summed E-state index contributed by atoms with van der Waals surface area (Å²) in [6.07, 6.45) is 46.6. The van der Waals surface area contributed by atoms with Crippen LogP contribution in [0.3, 0.4) is 0 Å². The molecule has 0 radical (unpaired) electrons. The lowest BCUT2D eigenvalue weighted by molar-refractivity contribution is -0.167. The van der Waals surface area contributed by atoms with Crippen molar-refractivity contribution in [3.63, 3.8) is 0 Å². The molecule has 1 atom stereocenters. The van der Waals surface area contributed by atoms with Gasteiger partial charge in [0.15, 0.2) is 6.10 Å². The van der Waals surface area contributed by atoms with Crippen molar-refractivity contribution in [3.05, 3.63) is 0 Å². The third kappa shape index (κ3) is 47.3. The normalized spacial score (nSPS) is 12.1. The molecule has 0 aliphatic heterocycles. The molecule has 0 aromatic rings. The average Bonchev–Trinajstić information content (AvgIpc) is 3.20. The van der Waals surface area contributed by atoms with Crippen molar-refractivity contribution in [1.29, 1.82) is 0 Å². The Labute approximate surface area is 368 Å². The molecule has 350 valence electrons. The Hall–Kier alpha value is -1.59. The molecule has 0 aromatic heterocycles. The first kappa shape index (κ1) is 57.4. The van der Waals surface area contributed by atoms with Gasteiger partial charge in [0.1, 0.15) is 13.2 Å². The predicted octanol–water partition coefficient (Wildman–Crippen LogP) is 16.9. The summed E-state index contributed by atoms with van der Waals surface area (Å²) in [7, 11) is 0. The summed E-state index contributed by atoms with van der Waals surface area (Å²) in [4.78, 5) is 37.9. The van der Waals surface area contributed by atoms with Gasteiger partial charge >= 0.3 is 17.9 Å². The van der Waals surface area contributed by atoms with Gasteiger partial charge in [-0.05, 0) is 31.1 Å². The van der Waals surface area contributed by atoms with Gasteiger partial charge in [0, 0.05) is 19.3 Å². The van der Waals surface area contributed by atoms with Crippen LogP contribution in [0.15, 0.2) is 0 Å². The van der Waals surface area contributed by atoms with Crippen LogP contribution >= 0.6 is 0 Å². The summed E-state index contributed by atoms with van der Waals surface area (Å²) in [5.41, 5.74) is 0. The molecule has 0 unspecified atom stereocenters. The monoisotopic (exact) mass is 835 g/mol. The molecule has 0 aliphatic carbocycles. The molecule has 0 aliphatic rings. The highest BCUT2D eigenvalue weighted by Crippen LogP contribution is 2.17. The van der Waals surface area contributed by atoms with E-state index < -0.39 is 6.10 Å². The van der Waals surface area contributed by atoms with Gasteiger partial charge in [-0.1, -0.05) is 253 Å². The Morgan fingerprint density at radius 1 is 0.322 bits per heavy atom. The fourth-order valence-electron chi connectivity index (χ4n) is 7.99. The summed E-state index contributed by atoms with van der Waals surface area (Å²) in [5, 5.41) is 0. The van der Waals surface area contributed by atoms with Gasteiger partial charge in [-0.15, -0.1) is 0 Å². The van der Waals surface area contributed by atoms with Crippen LogP contribution in [-0.4, -0.2) is 37.2 Å². The van der Waals surface area contributed by atoms with Crippen LogP contribution in [0.2, 0.25) is 0 Å². The number of hydrogen-bond acceptors (Lipinski definition) is 6. The first-order chi connectivity index (χ1) is 28.7. The van der Waals surface area contributed by atoms with Crippen molar-refractivity contribution < 1.29 is 28.6 Å². The average molecular weight is 835 g/mol. The molecule has 0 bridgehead atoms. The molecular formula is C53H102O6. The van der Waals surface area contributed by atoms with E-state index in [9.17, 15) is 14.4 Å². The Morgan fingerprint density at radius 2 is 0.559 bits per heavy atom. The van der Waals surface area contributed by atoms with Crippen LogP contribution in [0.4, 0.5) is 0 Å². The van der Waals surface area contributed by atoms with Crippen molar-refractivity contribution in [1.82, 2.24) is 0 Å². The Kier molecular flexibility index (Phi) is 44.7. The van der Waals surface area contributed by atoms with E-state index in [0.717, 1.165) is 69.6 Å². The molecule has 0 rings (SSSR count). The lowest BCUT2D eigenvalue weighted by Gasteiger charge is -2.18. The lowest BCUT2D eigenvalue weighted by Crippen LogP contribution is -2.30. The molecular weight excluding hydrogens is 733 g/mol. The highest BCUT2D eigenvalue weighted by molar-refractivity contribution is 5.71. The second kappa shape index (κ2) is 45.9. The fourth-order valence-corrected chi connectivity index (χ4v) is 7.99. The van der Waals surface area contributed by atoms with Gasteiger partial charge in [-0.3, -0.25) is 14.4 Å². The van der Waals surface area contributed by atoms with Gasteiger partial charge in [0.05, 0.1) is 0 Å². The second-order valence-electron chi connectivity index (χ2n) is 19.1. The largest absolute Gasteiger partial charge is 0.462 e. The van der Waals surface area contributed by atoms with Gasteiger partial charge < -0.3 is 14.2 Å². The second-order valence-corrected chi connectivity index (χ2v) is 19.1. The van der Waals surface area contributed by atoms with Gasteiger partial charge in [-0.25, -0.2) is 0 Å². The van der Waals surface area contributed by atoms with Crippen LogP contribution in [0.5, 0.6) is 0 Å². The van der Waals surface area contributed by atoms with Crippen molar-refractivity contribution >= 4 is 17.9 Å². The smallest absolute Gasteiger partial charge is 0.306 e. The minimum absolute atomic E-state index is 0.0639. The summed E-state index contributed by atoms with van der Waals surface area (Å²) >= 11 is 0. The van der Waals surface area contributed by atoms with Gasteiger partial charge in [0.25, 0.3) is 0 Å². The Bertz CT molecular complexity index is 900. The van der Waals surface area contributed by atoms with Gasteiger partial charge in [0.2, 0.25) is 0 Å². The summed E-state index contributed by atoms with van der Waals surface area (Å²) < 4.78 is 16.8. The van der Waals surface area contributed by atoms with E-state index in [1.807, 2.05) is 0 Å². The standard InChI is InChI=1S/C53H102O6/c1-6-7-8-9-10-11-12-19-22-28-33-38-43-51(54)57-46-50(59-53(56)45-40-35-30-25-24-27-32-37-42-49(4)5)47-58-52(55)44-39-34-29-23-20-17-15-13-14-16-18-21-26-31-36-41-48(2)3/h48-50H,6-47H2,1-5H3/t50-/m0/s1. The molecule has 6 heteroatoms. The molecule has 0 amide bonds. The Morgan fingerprint density at radius 3 is 0.831 bits per heavy atom. The molecule has 0 heterocycles. The highest BCUT2D eigenvalue weighted by Gasteiger charge is 2.19. The highest BCUT2D eigenvalue weighted by atomic mass is 16.6. The van der Waals surface area contributed by atoms with E-state index in [4.69, 9.17) is 14.2 Å². The van der Waals surface area contributed by atoms with E-state index in [0.29, 0.717) is 19.3 Å². The molecule has 0 fully saturated rings. The topological polar surface area (TPSA) is 78.9 Å². The minimum atomic E-state index is -0.761. The van der Waals surface area contributed by atoms with E-state index in [1.165, 1.54) is 180 Å². The first-order valence-corrected chi connectivity index (χ1v) is 26.2. The van der Waals surface area contributed by atoms with E-state index in [-0.39, 0.29) is 31.1 Å². The number of ether oxygens (including phenoxy) is 3. The Balaban J connectivity index is 4.25. The van der Waals surface area contributed by atoms with Crippen LogP contribution in [0.1, 0.15) is 291 Å². The zero-order valence-corrected chi connectivity index (χ0v) is 40.4.